The van der Waals surface area contributed by atoms with Gasteiger partial charge in [0.1, 0.15) is 18.8 Å². The van der Waals surface area contributed by atoms with E-state index in [1.807, 2.05) is 30.3 Å². The van der Waals surface area contributed by atoms with Gasteiger partial charge in [-0.15, -0.1) is 0 Å². The van der Waals surface area contributed by atoms with Crippen LogP contribution in [0.1, 0.15) is 26.3 Å². The minimum absolute atomic E-state index is 0.00385. The van der Waals surface area contributed by atoms with E-state index in [2.05, 4.69) is 0 Å². The summed E-state index contributed by atoms with van der Waals surface area (Å²) in [7, 11) is 1.50. The first-order valence-corrected chi connectivity index (χ1v) is 7.52. The lowest BCUT2D eigenvalue weighted by Gasteiger charge is -2.13. The molecule has 2 aromatic carbocycles. The highest BCUT2D eigenvalue weighted by atomic mass is 16.5. The van der Waals surface area contributed by atoms with Crippen LogP contribution in [0.25, 0.3) is 0 Å². The lowest BCUT2D eigenvalue weighted by molar-refractivity contribution is 0.0472. The lowest BCUT2D eigenvalue weighted by atomic mass is 10.1. The van der Waals surface area contributed by atoms with E-state index >= 15 is 0 Å². The average Bonchev–Trinajstić information content (AvgIpc) is 2.61. The monoisotopic (exact) mass is 345 g/mol. The number of aromatic carboxylic acids is 1. The maximum absolute atomic E-state index is 12.2. The van der Waals surface area contributed by atoms with Crippen LogP contribution in [0.4, 0.5) is 5.69 Å². The SMILES string of the molecule is COCCOc1c(N)cc(C(=O)OCc2ccccc2)cc1C(=O)O. The van der Waals surface area contributed by atoms with Crippen LogP contribution >= 0.6 is 0 Å². The van der Waals surface area contributed by atoms with Gasteiger partial charge >= 0.3 is 11.9 Å². The number of nitrogens with two attached hydrogens (primary N) is 1. The Balaban J connectivity index is 2.17. The number of ether oxygens (including phenoxy) is 3. The summed E-state index contributed by atoms with van der Waals surface area (Å²) in [5.74, 6) is -1.91. The molecule has 2 rings (SSSR count). The molecule has 0 radical (unpaired) electrons. The van der Waals surface area contributed by atoms with E-state index in [-0.39, 0.29) is 42.4 Å². The van der Waals surface area contributed by atoms with Crippen molar-refractivity contribution >= 4 is 17.6 Å². The predicted molar refractivity (Wildman–Crippen MR) is 90.7 cm³/mol. The number of hydrogen-bond acceptors (Lipinski definition) is 6. The molecule has 0 aliphatic carbocycles. The molecule has 0 bridgehead atoms. The number of carbonyl (C=O) groups excluding carboxylic acids is 1. The quantitative estimate of drug-likeness (QED) is 0.429. The van der Waals surface area contributed by atoms with Gasteiger partial charge in [-0.05, 0) is 17.7 Å². The highest BCUT2D eigenvalue weighted by Crippen LogP contribution is 2.29. The number of carboxylic acid groups (broad SMARTS) is 1. The van der Waals surface area contributed by atoms with Crippen LogP contribution in [0, 0.1) is 0 Å². The molecular weight excluding hydrogens is 326 g/mol. The number of nitrogen functional groups attached to an aromatic ring is 1. The molecule has 25 heavy (non-hydrogen) atoms. The Hall–Kier alpha value is -3.06. The van der Waals surface area contributed by atoms with Crippen molar-refractivity contribution in [2.24, 2.45) is 0 Å². The Labute approximate surface area is 144 Å². The minimum Gasteiger partial charge on any atom is -0.488 e. The summed E-state index contributed by atoms with van der Waals surface area (Å²) in [5.41, 5.74) is 6.56. The molecule has 7 nitrogen and oxygen atoms in total. The van der Waals surface area contributed by atoms with E-state index < -0.39 is 11.9 Å². The number of rotatable bonds is 8. The molecule has 0 atom stereocenters. The van der Waals surface area contributed by atoms with Gasteiger partial charge in [0, 0.05) is 7.11 Å². The zero-order valence-corrected chi connectivity index (χ0v) is 13.7. The third kappa shape index (κ3) is 4.95. The number of esters is 1. The van der Waals surface area contributed by atoms with Crippen LogP contribution in [-0.2, 0) is 16.1 Å². The van der Waals surface area contributed by atoms with Crippen LogP contribution in [-0.4, -0.2) is 37.4 Å². The minimum atomic E-state index is -1.25. The summed E-state index contributed by atoms with van der Waals surface area (Å²) < 4.78 is 15.4. The molecule has 0 saturated heterocycles. The Morgan fingerprint density at radius 2 is 1.84 bits per heavy atom. The molecule has 132 valence electrons. The van der Waals surface area contributed by atoms with Gasteiger partial charge in [-0.2, -0.15) is 0 Å². The number of benzene rings is 2. The number of methoxy groups -OCH3 is 1. The molecule has 0 aliphatic rings. The van der Waals surface area contributed by atoms with E-state index in [1.165, 1.54) is 19.2 Å². The summed E-state index contributed by atoms with van der Waals surface area (Å²) in [6, 6.07) is 11.7. The van der Waals surface area contributed by atoms with Crippen molar-refractivity contribution in [3.05, 3.63) is 59.2 Å². The Morgan fingerprint density at radius 3 is 2.48 bits per heavy atom. The number of hydrogen-bond donors (Lipinski definition) is 2. The van der Waals surface area contributed by atoms with Gasteiger partial charge in [-0.25, -0.2) is 9.59 Å². The van der Waals surface area contributed by atoms with Crippen LogP contribution in [0.3, 0.4) is 0 Å². The molecule has 0 saturated carbocycles. The molecule has 2 aromatic rings. The molecule has 3 N–H and O–H groups in total. The highest BCUT2D eigenvalue weighted by molar-refractivity contribution is 5.99. The summed E-state index contributed by atoms with van der Waals surface area (Å²) >= 11 is 0. The molecule has 0 heterocycles. The van der Waals surface area contributed by atoms with Crippen LogP contribution < -0.4 is 10.5 Å². The molecule has 0 spiro atoms. The second kappa shape index (κ2) is 8.70. The van der Waals surface area contributed by atoms with Crippen LogP contribution in [0.5, 0.6) is 5.75 Å². The summed E-state index contributed by atoms with van der Waals surface area (Å²) in [4.78, 5) is 23.6. The third-order valence-corrected chi connectivity index (χ3v) is 3.33. The number of anilines is 1. The molecule has 7 heteroatoms. The van der Waals surface area contributed by atoms with E-state index in [0.29, 0.717) is 0 Å². The number of carbonyl (C=O) groups is 2. The fourth-order valence-corrected chi connectivity index (χ4v) is 2.12. The van der Waals surface area contributed by atoms with E-state index in [4.69, 9.17) is 19.9 Å². The van der Waals surface area contributed by atoms with Crippen molar-refractivity contribution < 1.29 is 28.9 Å². The van der Waals surface area contributed by atoms with Gasteiger partial charge in [-0.1, -0.05) is 30.3 Å². The van der Waals surface area contributed by atoms with Gasteiger partial charge < -0.3 is 25.1 Å². The molecule has 0 aromatic heterocycles. The van der Waals surface area contributed by atoms with E-state index in [9.17, 15) is 14.7 Å². The van der Waals surface area contributed by atoms with Crippen molar-refractivity contribution in [1.82, 2.24) is 0 Å². The molecule has 0 fully saturated rings. The van der Waals surface area contributed by atoms with Gasteiger partial charge in [0.15, 0.2) is 5.75 Å². The van der Waals surface area contributed by atoms with Gasteiger partial charge in [-0.3, -0.25) is 0 Å². The average molecular weight is 345 g/mol. The first kappa shape index (κ1) is 18.3. The molecular formula is C18H19NO6. The van der Waals surface area contributed by atoms with Crippen molar-refractivity contribution in [2.75, 3.05) is 26.1 Å². The fraction of sp³-hybridized carbons (Fsp3) is 0.222. The topological polar surface area (TPSA) is 108 Å². The van der Waals surface area contributed by atoms with Crippen molar-refractivity contribution in [1.29, 1.82) is 0 Å². The molecule has 0 aliphatic heterocycles. The van der Waals surface area contributed by atoms with E-state index in [1.54, 1.807) is 0 Å². The Kier molecular flexibility index (Phi) is 6.36. The van der Waals surface area contributed by atoms with Crippen LogP contribution in [0.15, 0.2) is 42.5 Å². The van der Waals surface area contributed by atoms with Crippen molar-refractivity contribution in [2.45, 2.75) is 6.61 Å². The maximum atomic E-state index is 12.2. The smallest absolute Gasteiger partial charge is 0.339 e. The zero-order valence-electron chi connectivity index (χ0n) is 13.7. The second-order valence-electron chi connectivity index (χ2n) is 5.15. The van der Waals surface area contributed by atoms with Gasteiger partial charge in [0.05, 0.1) is 17.9 Å². The summed E-state index contributed by atoms with van der Waals surface area (Å²) in [6.45, 7) is 0.492. The number of carboxylic acids is 1. The Bertz CT molecular complexity index is 745. The summed E-state index contributed by atoms with van der Waals surface area (Å²) in [5, 5.41) is 9.34. The van der Waals surface area contributed by atoms with Gasteiger partial charge in [0.2, 0.25) is 0 Å². The standard InChI is InChI=1S/C18H19NO6/c1-23-7-8-24-16-14(17(20)21)9-13(10-15(16)19)18(22)25-11-12-5-3-2-4-6-12/h2-6,9-10H,7-8,11,19H2,1H3,(H,20,21). The maximum Gasteiger partial charge on any atom is 0.339 e. The normalized spacial score (nSPS) is 10.3. The predicted octanol–water partition coefficient (Wildman–Crippen LogP) is 2.35. The van der Waals surface area contributed by atoms with Crippen molar-refractivity contribution in [3.8, 4) is 5.75 Å². The zero-order chi connectivity index (χ0) is 18.2. The summed E-state index contributed by atoms with van der Waals surface area (Å²) in [6.07, 6.45) is 0. The first-order chi connectivity index (χ1) is 12.0. The second-order valence-corrected chi connectivity index (χ2v) is 5.15. The van der Waals surface area contributed by atoms with Crippen molar-refractivity contribution in [3.63, 3.8) is 0 Å². The lowest BCUT2D eigenvalue weighted by Crippen LogP contribution is -2.13. The fourth-order valence-electron chi connectivity index (χ4n) is 2.12. The first-order valence-electron chi connectivity index (χ1n) is 7.52. The van der Waals surface area contributed by atoms with Crippen LogP contribution in [0.2, 0.25) is 0 Å². The molecule has 0 unspecified atom stereocenters. The molecule has 0 amide bonds. The Morgan fingerprint density at radius 1 is 1.12 bits per heavy atom. The van der Waals surface area contributed by atoms with Gasteiger partial charge in [0.25, 0.3) is 0 Å². The highest BCUT2D eigenvalue weighted by Gasteiger charge is 2.20. The third-order valence-electron chi connectivity index (χ3n) is 3.33. The van der Waals surface area contributed by atoms with E-state index in [0.717, 1.165) is 5.56 Å². The largest absolute Gasteiger partial charge is 0.488 e.